The summed E-state index contributed by atoms with van der Waals surface area (Å²) in [6.07, 6.45) is 4.10. The van der Waals surface area contributed by atoms with Crippen molar-refractivity contribution in [3.63, 3.8) is 0 Å². The third-order valence-corrected chi connectivity index (χ3v) is 9.65. The van der Waals surface area contributed by atoms with Crippen molar-refractivity contribution in [3.8, 4) is 28.7 Å². The van der Waals surface area contributed by atoms with Crippen LogP contribution >= 0.6 is 0 Å². The minimum atomic E-state index is 0.576. The molecule has 0 atom stereocenters. The molecule has 0 bridgehead atoms. The predicted molar refractivity (Wildman–Crippen MR) is 205 cm³/mol. The molecule has 0 radical (unpaired) electrons. The van der Waals surface area contributed by atoms with Gasteiger partial charge in [0.1, 0.15) is 5.82 Å². The molecule has 0 fully saturated rings. The molecule has 0 saturated carbocycles. The Hall–Kier alpha value is -6.66. The van der Waals surface area contributed by atoms with E-state index in [1.54, 1.807) is 0 Å². The summed E-state index contributed by atoms with van der Waals surface area (Å²) in [7, 11) is 0. The van der Waals surface area contributed by atoms with E-state index in [-0.39, 0.29) is 0 Å². The normalized spacial score (nSPS) is 13.3. The van der Waals surface area contributed by atoms with Crippen LogP contribution in [0.4, 0.5) is 0 Å². The van der Waals surface area contributed by atoms with Crippen molar-refractivity contribution in [1.82, 2.24) is 24.1 Å². The highest BCUT2D eigenvalue weighted by molar-refractivity contribution is 6.19. The molecule has 50 heavy (non-hydrogen) atoms. The van der Waals surface area contributed by atoms with Gasteiger partial charge in [0.25, 0.3) is 0 Å². The highest BCUT2D eigenvalue weighted by atomic mass is 15.2. The number of para-hydroxylation sites is 2. The Kier molecular flexibility index (Phi) is 6.52. The SMILES string of the molecule is C1=C(n2c3ccccc3c3cc4c5ccccc5n(-c5nc(-c6ccccc6)nc(-c6ccccc6)n5)c4cc32)N=C(c2ccccc2)CC1. The second kappa shape index (κ2) is 11.5. The van der Waals surface area contributed by atoms with Crippen LogP contribution in [0.25, 0.3) is 78.2 Å². The van der Waals surface area contributed by atoms with Crippen molar-refractivity contribution < 1.29 is 0 Å². The number of rotatable bonds is 5. The number of aliphatic imine (C=N–C) groups is 1. The van der Waals surface area contributed by atoms with Gasteiger partial charge in [0.05, 0.1) is 27.8 Å². The summed E-state index contributed by atoms with van der Waals surface area (Å²) in [6.45, 7) is 0. The van der Waals surface area contributed by atoms with Gasteiger partial charge in [0.15, 0.2) is 11.6 Å². The molecule has 3 aromatic heterocycles. The average Bonchev–Trinajstić information content (AvgIpc) is 3.70. The molecular weight excluding hydrogens is 613 g/mol. The largest absolute Gasteiger partial charge is 0.294 e. The maximum Gasteiger partial charge on any atom is 0.238 e. The number of aromatic nitrogens is 5. The molecule has 1 aliphatic heterocycles. The smallest absolute Gasteiger partial charge is 0.238 e. The lowest BCUT2D eigenvalue weighted by Crippen LogP contribution is -2.08. The molecule has 4 heterocycles. The number of nitrogens with zero attached hydrogens (tertiary/aromatic N) is 6. The predicted octanol–water partition coefficient (Wildman–Crippen LogP) is 10.5. The molecule has 0 unspecified atom stereocenters. The summed E-state index contributed by atoms with van der Waals surface area (Å²) in [5, 5.41) is 4.67. The van der Waals surface area contributed by atoms with Crippen molar-refractivity contribution in [2.45, 2.75) is 12.8 Å². The van der Waals surface area contributed by atoms with Crippen LogP contribution in [0.5, 0.6) is 0 Å². The molecule has 0 N–H and O–H groups in total. The zero-order chi connectivity index (χ0) is 33.0. The molecule has 0 aliphatic carbocycles. The summed E-state index contributed by atoms with van der Waals surface area (Å²) in [4.78, 5) is 20.6. The van der Waals surface area contributed by atoms with Crippen LogP contribution in [0.2, 0.25) is 0 Å². The monoisotopic (exact) mass is 642 g/mol. The first-order valence-electron chi connectivity index (χ1n) is 17.0. The zero-order valence-corrected chi connectivity index (χ0v) is 27.1. The van der Waals surface area contributed by atoms with Gasteiger partial charge in [0.2, 0.25) is 5.95 Å². The number of hydrogen-bond acceptors (Lipinski definition) is 4. The molecule has 6 aromatic carbocycles. The fourth-order valence-electron chi connectivity index (χ4n) is 7.35. The van der Waals surface area contributed by atoms with E-state index >= 15 is 0 Å². The summed E-state index contributed by atoms with van der Waals surface area (Å²) >= 11 is 0. The van der Waals surface area contributed by atoms with E-state index in [0.29, 0.717) is 17.6 Å². The Morgan fingerprint density at radius 2 is 0.920 bits per heavy atom. The lowest BCUT2D eigenvalue weighted by atomic mass is 10.0. The van der Waals surface area contributed by atoms with E-state index in [1.807, 2.05) is 60.7 Å². The minimum absolute atomic E-state index is 0.576. The van der Waals surface area contributed by atoms with E-state index in [1.165, 1.54) is 16.3 Å². The van der Waals surface area contributed by atoms with Gasteiger partial charge >= 0.3 is 0 Å². The molecule has 1 aliphatic rings. The topological polar surface area (TPSA) is 60.9 Å². The van der Waals surface area contributed by atoms with Crippen LogP contribution in [0.3, 0.4) is 0 Å². The number of benzene rings is 6. The summed E-state index contributed by atoms with van der Waals surface area (Å²) in [5.41, 5.74) is 8.44. The van der Waals surface area contributed by atoms with Crippen molar-refractivity contribution in [2.24, 2.45) is 4.99 Å². The van der Waals surface area contributed by atoms with E-state index in [4.69, 9.17) is 19.9 Å². The maximum atomic E-state index is 5.29. The molecule has 236 valence electrons. The Labute approximate surface area is 288 Å². The molecule has 0 amide bonds. The third kappa shape index (κ3) is 4.57. The van der Waals surface area contributed by atoms with Crippen molar-refractivity contribution in [1.29, 1.82) is 0 Å². The van der Waals surface area contributed by atoms with E-state index in [2.05, 4.69) is 106 Å². The van der Waals surface area contributed by atoms with Crippen molar-refractivity contribution in [3.05, 3.63) is 163 Å². The van der Waals surface area contributed by atoms with Gasteiger partial charge in [-0.3, -0.25) is 9.13 Å². The van der Waals surface area contributed by atoms with E-state index in [0.717, 1.165) is 68.3 Å². The molecule has 10 rings (SSSR count). The minimum Gasteiger partial charge on any atom is -0.294 e. The van der Waals surface area contributed by atoms with E-state index < -0.39 is 0 Å². The van der Waals surface area contributed by atoms with Crippen LogP contribution < -0.4 is 0 Å². The Morgan fingerprint density at radius 1 is 0.420 bits per heavy atom. The Morgan fingerprint density at radius 3 is 1.52 bits per heavy atom. The molecule has 6 heteroatoms. The lowest BCUT2D eigenvalue weighted by molar-refractivity contribution is 0.953. The third-order valence-electron chi connectivity index (χ3n) is 9.65. The van der Waals surface area contributed by atoms with Gasteiger partial charge in [-0.05, 0) is 48.7 Å². The molecule has 9 aromatic rings. The number of fused-ring (bicyclic) bond motifs is 6. The second-order valence-electron chi connectivity index (χ2n) is 12.6. The first kappa shape index (κ1) is 28.4. The standard InChI is InChI=1S/C44H30N6/c1-4-15-29(16-5-1)36-23-14-26-41(45-36)49-37-24-12-10-21-32(37)34-27-35-33-22-11-13-25-38(33)50(40(35)28-39(34)49)44-47-42(30-17-6-2-7-18-30)46-43(48-44)31-19-8-3-9-20-31/h1-13,15-22,24-28H,14,23H2. The van der Waals surface area contributed by atoms with Gasteiger partial charge in [-0.1, -0.05) is 127 Å². The van der Waals surface area contributed by atoms with Gasteiger partial charge < -0.3 is 0 Å². The fourth-order valence-corrected chi connectivity index (χ4v) is 7.35. The highest BCUT2D eigenvalue weighted by Gasteiger charge is 2.22. The van der Waals surface area contributed by atoms with Crippen LogP contribution in [-0.4, -0.2) is 29.8 Å². The molecular formula is C44H30N6. The highest BCUT2D eigenvalue weighted by Crippen LogP contribution is 2.40. The van der Waals surface area contributed by atoms with Gasteiger partial charge in [0, 0.05) is 32.7 Å². The summed E-state index contributed by atoms with van der Waals surface area (Å²) in [6, 6.07) is 52.6. The summed E-state index contributed by atoms with van der Waals surface area (Å²) in [5.74, 6) is 2.78. The van der Waals surface area contributed by atoms with E-state index in [9.17, 15) is 0 Å². The quantitative estimate of drug-likeness (QED) is 0.188. The first-order valence-corrected chi connectivity index (χ1v) is 17.0. The van der Waals surface area contributed by atoms with Gasteiger partial charge in [-0.2, -0.15) is 9.97 Å². The summed E-state index contributed by atoms with van der Waals surface area (Å²) < 4.78 is 4.52. The van der Waals surface area contributed by atoms with Crippen LogP contribution in [-0.2, 0) is 0 Å². The molecule has 0 spiro atoms. The fraction of sp³-hybridized carbons (Fsp3) is 0.0455. The lowest BCUT2D eigenvalue weighted by Gasteiger charge is -2.16. The average molecular weight is 643 g/mol. The van der Waals surface area contributed by atoms with Gasteiger partial charge in [-0.15, -0.1) is 0 Å². The van der Waals surface area contributed by atoms with Crippen molar-refractivity contribution in [2.75, 3.05) is 0 Å². The van der Waals surface area contributed by atoms with Crippen LogP contribution in [0.1, 0.15) is 18.4 Å². The Balaban J connectivity index is 1.27. The first-order chi connectivity index (χ1) is 24.8. The second-order valence-corrected chi connectivity index (χ2v) is 12.6. The Bertz CT molecular complexity index is 2730. The number of hydrogen-bond donors (Lipinski definition) is 0. The maximum absolute atomic E-state index is 5.29. The molecule has 0 saturated heterocycles. The molecule has 6 nitrogen and oxygen atoms in total. The van der Waals surface area contributed by atoms with Crippen LogP contribution in [0.15, 0.2) is 163 Å². The van der Waals surface area contributed by atoms with Crippen LogP contribution in [0, 0.1) is 0 Å². The number of allylic oxidation sites excluding steroid dienone is 1. The zero-order valence-electron chi connectivity index (χ0n) is 27.1. The van der Waals surface area contributed by atoms with Gasteiger partial charge in [-0.25, -0.2) is 9.98 Å². The van der Waals surface area contributed by atoms with Crippen molar-refractivity contribution >= 4 is 55.1 Å².